The number of unbranched alkanes of at least 4 members (excludes halogenated alkanes) is 1. The zero-order chi connectivity index (χ0) is 15.7. The third-order valence-corrected chi connectivity index (χ3v) is 4.07. The van der Waals surface area contributed by atoms with Gasteiger partial charge in [0.05, 0.1) is 5.41 Å². The van der Waals surface area contributed by atoms with E-state index in [0.717, 1.165) is 18.4 Å². The maximum absolute atomic E-state index is 12.6. The number of carbonyl (C=O) groups excluding carboxylic acids is 1. The standard InChI is InChI=1S/C17H25NO3/c1-3-17(4-2,14-10-6-5-7-11-14)16(21)18-13-9-8-12-15(19)20/h5-7,10-11H,3-4,8-9,12-13H2,1-2H3,(H,18,21)(H,19,20). The Morgan fingerprint density at radius 3 is 2.24 bits per heavy atom. The van der Waals surface area contributed by atoms with Crippen LogP contribution in [0.25, 0.3) is 0 Å². The first-order chi connectivity index (χ1) is 10.1. The molecule has 1 aromatic rings. The second kappa shape index (κ2) is 8.45. The molecule has 0 saturated heterocycles. The summed E-state index contributed by atoms with van der Waals surface area (Å²) in [4.78, 5) is 23.0. The fourth-order valence-corrected chi connectivity index (χ4v) is 2.64. The van der Waals surface area contributed by atoms with Crippen molar-refractivity contribution in [3.63, 3.8) is 0 Å². The predicted octanol–water partition coefficient (Wildman–Crippen LogP) is 3.12. The van der Waals surface area contributed by atoms with Gasteiger partial charge in [-0.1, -0.05) is 44.2 Å². The van der Waals surface area contributed by atoms with Gasteiger partial charge in [0, 0.05) is 13.0 Å². The number of aliphatic carboxylic acids is 1. The summed E-state index contributed by atoms with van der Waals surface area (Å²) in [5.41, 5.74) is 0.548. The second-order valence-electron chi connectivity index (χ2n) is 5.26. The van der Waals surface area contributed by atoms with Crippen LogP contribution < -0.4 is 5.32 Å². The van der Waals surface area contributed by atoms with Gasteiger partial charge in [0.1, 0.15) is 0 Å². The summed E-state index contributed by atoms with van der Waals surface area (Å²) in [5, 5.41) is 11.6. The minimum absolute atomic E-state index is 0.0361. The van der Waals surface area contributed by atoms with Gasteiger partial charge in [-0.15, -0.1) is 0 Å². The van der Waals surface area contributed by atoms with Crippen LogP contribution in [0.1, 0.15) is 51.5 Å². The van der Waals surface area contributed by atoms with Crippen LogP contribution in [0.15, 0.2) is 30.3 Å². The summed E-state index contributed by atoms with van der Waals surface area (Å²) in [5.74, 6) is -0.754. The van der Waals surface area contributed by atoms with Crippen molar-refractivity contribution < 1.29 is 14.7 Å². The number of amides is 1. The highest BCUT2D eigenvalue weighted by Gasteiger charge is 2.36. The summed E-state index contributed by atoms with van der Waals surface area (Å²) in [6, 6.07) is 9.85. The molecule has 0 aliphatic rings. The van der Waals surface area contributed by atoms with Gasteiger partial charge in [-0.05, 0) is 31.2 Å². The molecular formula is C17H25NO3. The number of carbonyl (C=O) groups is 2. The molecule has 0 aromatic heterocycles. The van der Waals surface area contributed by atoms with E-state index in [1.54, 1.807) is 0 Å². The Balaban J connectivity index is 2.64. The molecule has 2 N–H and O–H groups in total. The number of carboxylic acids is 1. The van der Waals surface area contributed by atoms with E-state index < -0.39 is 11.4 Å². The third kappa shape index (κ3) is 4.59. The largest absolute Gasteiger partial charge is 0.481 e. The smallest absolute Gasteiger partial charge is 0.303 e. The van der Waals surface area contributed by atoms with Crippen molar-refractivity contribution in [2.45, 2.75) is 51.4 Å². The number of rotatable bonds is 9. The first kappa shape index (κ1) is 17.2. The summed E-state index contributed by atoms with van der Waals surface area (Å²) < 4.78 is 0. The fourth-order valence-electron chi connectivity index (χ4n) is 2.64. The van der Waals surface area contributed by atoms with Crippen molar-refractivity contribution in [1.29, 1.82) is 0 Å². The molecule has 0 spiro atoms. The zero-order valence-corrected chi connectivity index (χ0v) is 12.9. The summed E-state index contributed by atoms with van der Waals surface area (Å²) in [6.07, 6.45) is 2.92. The van der Waals surface area contributed by atoms with Crippen LogP contribution in [0, 0.1) is 0 Å². The van der Waals surface area contributed by atoms with Crippen molar-refractivity contribution in [1.82, 2.24) is 5.32 Å². The predicted molar refractivity (Wildman–Crippen MR) is 83.2 cm³/mol. The molecule has 0 bridgehead atoms. The number of hydrogen-bond acceptors (Lipinski definition) is 2. The lowest BCUT2D eigenvalue weighted by atomic mass is 9.75. The van der Waals surface area contributed by atoms with Gasteiger partial charge in [-0.3, -0.25) is 9.59 Å². The molecule has 0 heterocycles. The van der Waals surface area contributed by atoms with Gasteiger partial charge in [0.25, 0.3) is 0 Å². The molecule has 21 heavy (non-hydrogen) atoms. The van der Waals surface area contributed by atoms with Gasteiger partial charge in [-0.25, -0.2) is 0 Å². The highest BCUT2D eigenvalue weighted by atomic mass is 16.4. The average Bonchev–Trinajstić information content (AvgIpc) is 2.49. The van der Waals surface area contributed by atoms with Gasteiger partial charge >= 0.3 is 5.97 Å². The molecule has 1 rings (SSSR count). The van der Waals surface area contributed by atoms with E-state index in [4.69, 9.17) is 5.11 Å². The van der Waals surface area contributed by atoms with Crippen LogP contribution in [0.3, 0.4) is 0 Å². The molecule has 0 aliphatic carbocycles. The van der Waals surface area contributed by atoms with Crippen LogP contribution in [0.2, 0.25) is 0 Å². The third-order valence-electron chi connectivity index (χ3n) is 4.07. The van der Waals surface area contributed by atoms with Crippen LogP contribution in [0.4, 0.5) is 0 Å². The summed E-state index contributed by atoms with van der Waals surface area (Å²) in [7, 11) is 0. The van der Waals surface area contributed by atoms with E-state index in [1.807, 2.05) is 44.2 Å². The number of benzene rings is 1. The van der Waals surface area contributed by atoms with E-state index in [0.29, 0.717) is 19.4 Å². The Kier molecular flexibility index (Phi) is 6.92. The molecule has 1 aromatic carbocycles. The van der Waals surface area contributed by atoms with E-state index in [2.05, 4.69) is 5.32 Å². The molecule has 0 fully saturated rings. The topological polar surface area (TPSA) is 66.4 Å². The number of carboxylic acid groups (broad SMARTS) is 1. The van der Waals surface area contributed by atoms with Crippen LogP contribution in [0.5, 0.6) is 0 Å². The molecule has 0 radical (unpaired) electrons. The monoisotopic (exact) mass is 291 g/mol. The van der Waals surface area contributed by atoms with Crippen molar-refractivity contribution in [3.05, 3.63) is 35.9 Å². The summed E-state index contributed by atoms with van der Waals surface area (Å²) in [6.45, 7) is 4.59. The van der Waals surface area contributed by atoms with Crippen molar-refractivity contribution in [3.8, 4) is 0 Å². The summed E-state index contributed by atoms with van der Waals surface area (Å²) >= 11 is 0. The van der Waals surface area contributed by atoms with E-state index in [9.17, 15) is 9.59 Å². The molecule has 116 valence electrons. The molecule has 4 heteroatoms. The minimum Gasteiger partial charge on any atom is -0.481 e. The molecule has 0 atom stereocenters. The zero-order valence-electron chi connectivity index (χ0n) is 12.9. The van der Waals surface area contributed by atoms with Gasteiger partial charge < -0.3 is 10.4 Å². The number of nitrogens with one attached hydrogen (secondary N) is 1. The molecule has 0 unspecified atom stereocenters. The molecule has 0 saturated carbocycles. The Morgan fingerprint density at radius 2 is 1.71 bits per heavy atom. The molecular weight excluding hydrogens is 266 g/mol. The fraction of sp³-hybridized carbons (Fsp3) is 0.529. The van der Waals surface area contributed by atoms with E-state index in [-0.39, 0.29) is 12.3 Å². The highest BCUT2D eigenvalue weighted by Crippen LogP contribution is 2.31. The average molecular weight is 291 g/mol. The van der Waals surface area contributed by atoms with Crippen LogP contribution >= 0.6 is 0 Å². The minimum atomic E-state index is -0.790. The van der Waals surface area contributed by atoms with Crippen molar-refractivity contribution in [2.75, 3.05) is 6.54 Å². The quantitative estimate of drug-likeness (QED) is 0.687. The number of hydrogen-bond donors (Lipinski definition) is 2. The second-order valence-corrected chi connectivity index (χ2v) is 5.26. The SMILES string of the molecule is CCC(CC)(C(=O)NCCCCC(=O)O)c1ccccc1. The first-order valence-corrected chi connectivity index (χ1v) is 7.62. The van der Waals surface area contributed by atoms with Crippen LogP contribution in [-0.2, 0) is 15.0 Å². The van der Waals surface area contributed by atoms with Crippen molar-refractivity contribution >= 4 is 11.9 Å². The lowest BCUT2D eigenvalue weighted by molar-refractivity contribution is -0.137. The molecule has 4 nitrogen and oxygen atoms in total. The Labute approximate surface area is 126 Å². The lowest BCUT2D eigenvalue weighted by Gasteiger charge is -2.31. The maximum Gasteiger partial charge on any atom is 0.303 e. The van der Waals surface area contributed by atoms with Crippen LogP contribution in [-0.4, -0.2) is 23.5 Å². The molecule has 0 aliphatic heterocycles. The first-order valence-electron chi connectivity index (χ1n) is 7.62. The lowest BCUT2D eigenvalue weighted by Crippen LogP contribution is -2.44. The van der Waals surface area contributed by atoms with Gasteiger partial charge in [0.2, 0.25) is 5.91 Å². The Hall–Kier alpha value is -1.84. The highest BCUT2D eigenvalue weighted by molar-refractivity contribution is 5.88. The molecule has 1 amide bonds. The van der Waals surface area contributed by atoms with Gasteiger partial charge in [-0.2, -0.15) is 0 Å². The van der Waals surface area contributed by atoms with Gasteiger partial charge in [0.15, 0.2) is 0 Å². The van der Waals surface area contributed by atoms with E-state index >= 15 is 0 Å². The van der Waals surface area contributed by atoms with E-state index in [1.165, 1.54) is 0 Å². The Morgan fingerprint density at radius 1 is 1.10 bits per heavy atom. The Bertz CT molecular complexity index is 452. The normalized spacial score (nSPS) is 11.1. The maximum atomic E-state index is 12.6. The van der Waals surface area contributed by atoms with Crippen molar-refractivity contribution in [2.24, 2.45) is 0 Å².